The molecule has 0 saturated heterocycles. The molecular formula is C25H30F3NO4. The number of allylic oxidation sites excluding steroid dienone is 1. The highest BCUT2D eigenvalue weighted by molar-refractivity contribution is 5.98. The van der Waals surface area contributed by atoms with Crippen molar-refractivity contribution in [3.63, 3.8) is 0 Å². The van der Waals surface area contributed by atoms with Gasteiger partial charge in [-0.2, -0.15) is 13.2 Å². The molecule has 0 N–H and O–H groups in total. The molecule has 8 heteroatoms. The third-order valence-electron chi connectivity index (χ3n) is 4.74. The van der Waals surface area contributed by atoms with E-state index in [4.69, 9.17) is 14.2 Å². The van der Waals surface area contributed by atoms with E-state index in [-0.39, 0.29) is 12.4 Å². The van der Waals surface area contributed by atoms with Crippen LogP contribution in [0.3, 0.4) is 0 Å². The molecule has 0 aliphatic rings. The van der Waals surface area contributed by atoms with E-state index < -0.39 is 11.7 Å². The van der Waals surface area contributed by atoms with Gasteiger partial charge in [0.1, 0.15) is 31.0 Å². The lowest BCUT2D eigenvalue weighted by Gasteiger charge is -2.16. The minimum Gasteiger partial charge on any atom is -0.493 e. The molecule has 180 valence electrons. The van der Waals surface area contributed by atoms with Crippen LogP contribution in [0.4, 0.5) is 13.2 Å². The van der Waals surface area contributed by atoms with E-state index in [1.54, 1.807) is 6.92 Å². The van der Waals surface area contributed by atoms with Crippen LogP contribution in [0.5, 0.6) is 17.2 Å². The van der Waals surface area contributed by atoms with Gasteiger partial charge in [-0.1, -0.05) is 17.3 Å². The Labute approximate surface area is 192 Å². The molecule has 0 unspecified atom stereocenters. The number of aryl methyl sites for hydroxylation is 2. The third kappa shape index (κ3) is 7.73. The van der Waals surface area contributed by atoms with Gasteiger partial charge in [-0.25, -0.2) is 0 Å². The van der Waals surface area contributed by atoms with Crippen LogP contribution in [0.2, 0.25) is 0 Å². The van der Waals surface area contributed by atoms with Gasteiger partial charge >= 0.3 is 6.18 Å². The molecule has 0 saturated carbocycles. The molecule has 0 aliphatic heterocycles. The molecule has 0 aliphatic carbocycles. The summed E-state index contributed by atoms with van der Waals surface area (Å²) in [5.74, 6) is 1.26. The lowest BCUT2D eigenvalue weighted by atomic mass is 10.1. The van der Waals surface area contributed by atoms with Gasteiger partial charge in [0.25, 0.3) is 0 Å². The number of benzene rings is 2. The lowest BCUT2D eigenvalue weighted by Crippen LogP contribution is -2.12. The fraction of sp³-hybridized carbons (Fsp3) is 0.400. The topological polar surface area (TPSA) is 49.3 Å². The smallest absolute Gasteiger partial charge is 0.419 e. The SMILES string of the molecule is C/C=C/COc1cc(C)c(OCCCOc2ccc(/C(C)=N/OC)cc2C(F)(F)F)c(C)c1. The van der Waals surface area contributed by atoms with E-state index in [0.717, 1.165) is 28.7 Å². The zero-order chi connectivity index (χ0) is 24.4. The van der Waals surface area contributed by atoms with Crippen LogP contribution in [0.1, 0.15) is 42.5 Å². The largest absolute Gasteiger partial charge is 0.493 e. The Bertz CT molecular complexity index is 961. The second-order valence-corrected chi connectivity index (χ2v) is 7.38. The van der Waals surface area contributed by atoms with Gasteiger partial charge in [0.15, 0.2) is 0 Å². The second-order valence-electron chi connectivity index (χ2n) is 7.38. The Hall–Kier alpha value is -3.16. The molecule has 0 amide bonds. The Morgan fingerprint density at radius 1 is 1.00 bits per heavy atom. The number of oxime groups is 1. The van der Waals surface area contributed by atoms with Gasteiger partial charge in [0, 0.05) is 6.42 Å². The minimum absolute atomic E-state index is 0.0796. The average Bonchev–Trinajstić information content (AvgIpc) is 2.75. The summed E-state index contributed by atoms with van der Waals surface area (Å²) in [5.41, 5.74) is 1.64. The zero-order valence-corrected chi connectivity index (χ0v) is 19.6. The first-order valence-electron chi connectivity index (χ1n) is 10.6. The number of alkyl halides is 3. The summed E-state index contributed by atoms with van der Waals surface area (Å²) >= 11 is 0. The second kappa shape index (κ2) is 12.2. The van der Waals surface area contributed by atoms with Crippen LogP contribution in [-0.4, -0.2) is 32.6 Å². The Morgan fingerprint density at radius 2 is 1.67 bits per heavy atom. The van der Waals surface area contributed by atoms with Gasteiger partial charge in [-0.05, 0) is 74.7 Å². The first kappa shape index (κ1) is 26.1. The van der Waals surface area contributed by atoms with E-state index >= 15 is 0 Å². The number of hydrogen-bond donors (Lipinski definition) is 0. The normalized spacial score (nSPS) is 12.2. The fourth-order valence-electron chi connectivity index (χ4n) is 3.17. The van der Waals surface area contributed by atoms with Crippen molar-refractivity contribution in [2.75, 3.05) is 26.9 Å². The average molecular weight is 466 g/mol. The van der Waals surface area contributed by atoms with E-state index in [0.29, 0.717) is 30.9 Å². The monoisotopic (exact) mass is 465 g/mol. The van der Waals surface area contributed by atoms with Crippen LogP contribution in [0.25, 0.3) is 0 Å². The number of halogens is 3. The molecule has 0 fully saturated rings. The molecule has 0 heterocycles. The summed E-state index contributed by atoms with van der Waals surface area (Å²) in [6, 6.07) is 7.62. The van der Waals surface area contributed by atoms with E-state index in [2.05, 4.69) is 9.99 Å². The van der Waals surface area contributed by atoms with Crippen LogP contribution in [-0.2, 0) is 11.0 Å². The predicted octanol–water partition coefficient (Wildman–Crippen LogP) is 6.50. The molecule has 0 bridgehead atoms. The number of hydrogen-bond acceptors (Lipinski definition) is 5. The summed E-state index contributed by atoms with van der Waals surface area (Å²) in [7, 11) is 1.34. The van der Waals surface area contributed by atoms with Crippen LogP contribution < -0.4 is 14.2 Å². The van der Waals surface area contributed by atoms with Gasteiger partial charge in [-0.15, -0.1) is 0 Å². The van der Waals surface area contributed by atoms with Crippen molar-refractivity contribution in [2.24, 2.45) is 5.16 Å². The standard InChI is InChI=1S/C25H30F3NO4/c1-6-7-11-31-21-14-17(2)24(18(3)15-21)33-13-8-12-32-23-10-9-20(19(4)29-30-5)16-22(23)25(26,27)28/h6-7,9-10,14-16H,8,11-13H2,1-5H3/b7-6+,29-19+. The molecule has 0 spiro atoms. The van der Waals surface area contributed by atoms with Crippen molar-refractivity contribution >= 4 is 5.71 Å². The molecule has 2 aromatic rings. The first-order chi connectivity index (χ1) is 15.7. The summed E-state index contributed by atoms with van der Waals surface area (Å²) in [4.78, 5) is 4.64. The minimum atomic E-state index is -4.56. The van der Waals surface area contributed by atoms with Crippen molar-refractivity contribution in [1.82, 2.24) is 0 Å². The summed E-state index contributed by atoms with van der Waals surface area (Å²) in [6.07, 6.45) is -0.301. The molecule has 0 aromatic heterocycles. The quantitative estimate of drug-likeness (QED) is 0.165. The molecule has 5 nitrogen and oxygen atoms in total. The van der Waals surface area contributed by atoms with Gasteiger partial charge in [0.2, 0.25) is 0 Å². The highest BCUT2D eigenvalue weighted by Crippen LogP contribution is 2.37. The number of rotatable bonds is 11. The van der Waals surface area contributed by atoms with E-state index in [9.17, 15) is 13.2 Å². The van der Waals surface area contributed by atoms with E-state index in [1.165, 1.54) is 19.2 Å². The van der Waals surface area contributed by atoms with Gasteiger partial charge in [0.05, 0.1) is 24.5 Å². The maximum absolute atomic E-state index is 13.5. The van der Waals surface area contributed by atoms with Crippen molar-refractivity contribution in [1.29, 1.82) is 0 Å². The Balaban J connectivity index is 1.96. The van der Waals surface area contributed by atoms with Crippen LogP contribution >= 0.6 is 0 Å². The van der Waals surface area contributed by atoms with Crippen LogP contribution in [0.15, 0.2) is 47.6 Å². The molecule has 33 heavy (non-hydrogen) atoms. The van der Waals surface area contributed by atoms with Crippen LogP contribution in [0, 0.1) is 13.8 Å². The highest BCUT2D eigenvalue weighted by Gasteiger charge is 2.35. The summed E-state index contributed by atoms with van der Waals surface area (Å²) < 4.78 is 57.5. The van der Waals surface area contributed by atoms with Crippen molar-refractivity contribution in [3.8, 4) is 17.2 Å². The van der Waals surface area contributed by atoms with Crippen molar-refractivity contribution in [2.45, 2.75) is 40.3 Å². The van der Waals surface area contributed by atoms with Crippen molar-refractivity contribution < 1.29 is 32.2 Å². The lowest BCUT2D eigenvalue weighted by molar-refractivity contribution is -0.139. The van der Waals surface area contributed by atoms with Gasteiger partial charge < -0.3 is 19.0 Å². The fourth-order valence-corrected chi connectivity index (χ4v) is 3.17. The Morgan fingerprint density at radius 3 is 2.27 bits per heavy atom. The predicted molar refractivity (Wildman–Crippen MR) is 122 cm³/mol. The third-order valence-corrected chi connectivity index (χ3v) is 4.74. The van der Waals surface area contributed by atoms with E-state index in [1.807, 2.05) is 45.1 Å². The maximum atomic E-state index is 13.5. The van der Waals surface area contributed by atoms with Crippen molar-refractivity contribution in [3.05, 3.63) is 64.7 Å². The summed E-state index contributed by atoms with van der Waals surface area (Å²) in [5, 5.41) is 3.68. The molecule has 2 rings (SSSR count). The number of ether oxygens (including phenoxy) is 3. The highest BCUT2D eigenvalue weighted by atomic mass is 19.4. The molecule has 2 aromatic carbocycles. The number of nitrogens with zero attached hydrogens (tertiary/aromatic N) is 1. The first-order valence-corrected chi connectivity index (χ1v) is 10.6. The molecular weight excluding hydrogens is 435 g/mol. The van der Waals surface area contributed by atoms with Gasteiger partial charge in [-0.3, -0.25) is 0 Å². The maximum Gasteiger partial charge on any atom is 0.419 e. The Kier molecular flexibility index (Phi) is 9.63. The molecule has 0 radical (unpaired) electrons. The molecule has 0 atom stereocenters. The zero-order valence-electron chi connectivity index (χ0n) is 19.6. The summed E-state index contributed by atoms with van der Waals surface area (Å²) in [6.45, 7) is 8.23.